The van der Waals surface area contributed by atoms with Crippen LogP contribution in [-0.2, 0) is 0 Å². The van der Waals surface area contributed by atoms with Crippen molar-refractivity contribution < 1.29 is 9.84 Å². The number of hydrogen-bond donors (Lipinski definition) is 2. The molecule has 0 bridgehead atoms. The van der Waals surface area contributed by atoms with E-state index in [0.29, 0.717) is 12.4 Å². The molecule has 0 saturated heterocycles. The van der Waals surface area contributed by atoms with Gasteiger partial charge < -0.3 is 15.6 Å². The molecule has 0 saturated carbocycles. The van der Waals surface area contributed by atoms with Crippen LogP contribution in [-0.4, -0.2) is 11.7 Å². The van der Waals surface area contributed by atoms with Gasteiger partial charge in [-0.3, -0.25) is 0 Å². The van der Waals surface area contributed by atoms with E-state index in [1.54, 1.807) is 12.1 Å². The van der Waals surface area contributed by atoms with Crippen molar-refractivity contribution in [1.29, 1.82) is 0 Å². The van der Waals surface area contributed by atoms with E-state index in [1.165, 1.54) is 0 Å². The van der Waals surface area contributed by atoms with Gasteiger partial charge in [0.15, 0.2) is 0 Å². The number of benzene rings is 1. The van der Waals surface area contributed by atoms with Gasteiger partial charge in [0.25, 0.3) is 0 Å². The van der Waals surface area contributed by atoms with Crippen LogP contribution in [0.25, 0.3) is 0 Å². The van der Waals surface area contributed by atoms with E-state index in [-0.39, 0.29) is 11.8 Å². The van der Waals surface area contributed by atoms with Gasteiger partial charge in [0.05, 0.1) is 6.61 Å². The van der Waals surface area contributed by atoms with Crippen molar-refractivity contribution in [2.75, 3.05) is 6.61 Å². The first-order valence-corrected chi connectivity index (χ1v) is 4.88. The molecule has 0 fully saturated rings. The topological polar surface area (TPSA) is 55.5 Å². The van der Waals surface area contributed by atoms with Crippen molar-refractivity contribution in [3.8, 4) is 11.5 Å². The first-order valence-electron chi connectivity index (χ1n) is 4.09. The molecule has 13 heavy (non-hydrogen) atoms. The molecule has 70 valence electrons. The average molecular weight is 244 g/mol. The molecule has 0 radical (unpaired) electrons. The van der Waals surface area contributed by atoms with Gasteiger partial charge in [0.1, 0.15) is 11.5 Å². The number of rotatable bonds is 0. The third kappa shape index (κ3) is 1.51. The van der Waals surface area contributed by atoms with Crippen LogP contribution in [0.5, 0.6) is 11.5 Å². The number of nitrogens with two attached hydrogens (primary N) is 1. The molecule has 1 heterocycles. The smallest absolute Gasteiger partial charge is 0.128 e. The first kappa shape index (κ1) is 8.84. The monoisotopic (exact) mass is 243 g/mol. The summed E-state index contributed by atoms with van der Waals surface area (Å²) in [5, 5.41) is 9.30. The van der Waals surface area contributed by atoms with E-state index < -0.39 is 0 Å². The van der Waals surface area contributed by atoms with Crippen LogP contribution in [0, 0.1) is 0 Å². The lowest BCUT2D eigenvalue weighted by atomic mass is 10.0. The summed E-state index contributed by atoms with van der Waals surface area (Å²) < 4.78 is 6.20. The summed E-state index contributed by atoms with van der Waals surface area (Å²) in [5.74, 6) is 0.880. The molecule has 2 rings (SSSR count). The number of ether oxygens (including phenoxy) is 1. The van der Waals surface area contributed by atoms with Crippen LogP contribution in [0.15, 0.2) is 16.6 Å². The Morgan fingerprint density at radius 3 is 3.08 bits per heavy atom. The highest BCUT2D eigenvalue weighted by molar-refractivity contribution is 9.10. The zero-order valence-electron chi connectivity index (χ0n) is 6.96. The molecule has 0 spiro atoms. The second-order valence-corrected chi connectivity index (χ2v) is 3.94. The maximum Gasteiger partial charge on any atom is 0.128 e. The predicted octanol–water partition coefficient (Wildman–Crippen LogP) is 1.94. The molecule has 1 aliphatic rings. The Hall–Kier alpha value is -0.740. The standard InChI is InChI=1S/C9H10BrNO2/c10-6-3-5(12)4-8-9(6)7(11)1-2-13-8/h3-4,7,12H,1-2,11H2/t7-/m1/s1. The number of fused-ring (bicyclic) bond motifs is 1. The van der Waals surface area contributed by atoms with Crippen molar-refractivity contribution in [2.24, 2.45) is 5.73 Å². The lowest BCUT2D eigenvalue weighted by molar-refractivity contribution is 0.267. The fraction of sp³-hybridized carbons (Fsp3) is 0.333. The van der Waals surface area contributed by atoms with E-state index in [1.807, 2.05) is 0 Å². The third-order valence-corrected chi connectivity index (χ3v) is 2.79. The van der Waals surface area contributed by atoms with Gasteiger partial charge in [-0.1, -0.05) is 15.9 Å². The Balaban J connectivity index is 2.56. The van der Waals surface area contributed by atoms with Crippen LogP contribution in [0.2, 0.25) is 0 Å². The predicted molar refractivity (Wildman–Crippen MR) is 52.8 cm³/mol. The van der Waals surface area contributed by atoms with Gasteiger partial charge in [-0.15, -0.1) is 0 Å². The molecular formula is C9H10BrNO2. The SMILES string of the molecule is N[C@@H]1CCOc2cc(O)cc(Br)c21. The van der Waals surface area contributed by atoms with E-state index in [2.05, 4.69) is 15.9 Å². The van der Waals surface area contributed by atoms with Gasteiger partial charge in [-0.2, -0.15) is 0 Å². The van der Waals surface area contributed by atoms with Crippen molar-refractivity contribution >= 4 is 15.9 Å². The van der Waals surface area contributed by atoms with Crippen molar-refractivity contribution in [2.45, 2.75) is 12.5 Å². The van der Waals surface area contributed by atoms with Gasteiger partial charge in [-0.25, -0.2) is 0 Å². The summed E-state index contributed by atoms with van der Waals surface area (Å²) in [7, 11) is 0. The molecular weight excluding hydrogens is 234 g/mol. The molecule has 4 heteroatoms. The lowest BCUT2D eigenvalue weighted by Crippen LogP contribution is -2.20. The van der Waals surface area contributed by atoms with Crippen LogP contribution < -0.4 is 10.5 Å². The lowest BCUT2D eigenvalue weighted by Gasteiger charge is -2.24. The van der Waals surface area contributed by atoms with Gasteiger partial charge in [-0.05, 0) is 6.07 Å². The van der Waals surface area contributed by atoms with Crippen molar-refractivity contribution in [3.05, 3.63) is 22.2 Å². The van der Waals surface area contributed by atoms with E-state index >= 15 is 0 Å². The quantitative estimate of drug-likeness (QED) is 0.733. The molecule has 3 N–H and O–H groups in total. The second kappa shape index (κ2) is 3.20. The number of aromatic hydroxyl groups is 1. The molecule has 0 unspecified atom stereocenters. The van der Waals surface area contributed by atoms with Gasteiger partial charge in [0, 0.05) is 28.6 Å². The molecule has 0 aromatic heterocycles. The Morgan fingerprint density at radius 1 is 1.54 bits per heavy atom. The summed E-state index contributed by atoms with van der Waals surface area (Å²) in [4.78, 5) is 0. The molecule has 0 amide bonds. The minimum absolute atomic E-state index is 0.00118. The third-order valence-electron chi connectivity index (χ3n) is 2.13. The number of phenolic OH excluding ortho intramolecular Hbond substituents is 1. The van der Waals surface area contributed by atoms with Crippen LogP contribution >= 0.6 is 15.9 Å². The Bertz CT molecular complexity index is 341. The summed E-state index contributed by atoms with van der Waals surface area (Å²) in [6.45, 7) is 0.615. The molecule has 0 aliphatic carbocycles. The summed E-state index contributed by atoms with van der Waals surface area (Å²) >= 11 is 3.35. The van der Waals surface area contributed by atoms with Crippen LogP contribution in [0.4, 0.5) is 0 Å². The van der Waals surface area contributed by atoms with E-state index in [4.69, 9.17) is 10.5 Å². The number of phenols is 1. The average Bonchev–Trinajstić information content (AvgIpc) is 2.02. The molecule has 1 aliphatic heterocycles. The number of halogens is 1. The summed E-state index contributed by atoms with van der Waals surface area (Å²) in [6, 6.07) is 3.23. The Morgan fingerprint density at radius 2 is 2.31 bits per heavy atom. The maximum absolute atomic E-state index is 9.30. The molecule has 1 aromatic carbocycles. The molecule has 1 atom stereocenters. The Kier molecular flexibility index (Phi) is 2.17. The fourth-order valence-corrected chi connectivity index (χ4v) is 2.22. The zero-order valence-corrected chi connectivity index (χ0v) is 8.54. The van der Waals surface area contributed by atoms with E-state index in [9.17, 15) is 5.11 Å². The molecule has 1 aromatic rings. The zero-order chi connectivity index (χ0) is 9.42. The van der Waals surface area contributed by atoms with Crippen LogP contribution in [0.1, 0.15) is 18.0 Å². The first-order chi connectivity index (χ1) is 6.18. The van der Waals surface area contributed by atoms with Crippen molar-refractivity contribution in [1.82, 2.24) is 0 Å². The summed E-state index contributed by atoms with van der Waals surface area (Å²) in [5.41, 5.74) is 6.85. The highest BCUT2D eigenvalue weighted by Crippen LogP contribution is 2.38. The number of hydrogen-bond acceptors (Lipinski definition) is 3. The van der Waals surface area contributed by atoms with Crippen molar-refractivity contribution in [3.63, 3.8) is 0 Å². The second-order valence-electron chi connectivity index (χ2n) is 3.08. The maximum atomic E-state index is 9.30. The fourth-order valence-electron chi connectivity index (χ4n) is 1.50. The van der Waals surface area contributed by atoms with Gasteiger partial charge >= 0.3 is 0 Å². The van der Waals surface area contributed by atoms with Crippen LogP contribution in [0.3, 0.4) is 0 Å². The van der Waals surface area contributed by atoms with Gasteiger partial charge in [0.2, 0.25) is 0 Å². The minimum atomic E-state index is -0.00118. The largest absolute Gasteiger partial charge is 0.508 e. The highest BCUT2D eigenvalue weighted by atomic mass is 79.9. The highest BCUT2D eigenvalue weighted by Gasteiger charge is 2.21. The van der Waals surface area contributed by atoms with E-state index in [0.717, 1.165) is 16.5 Å². The molecule has 3 nitrogen and oxygen atoms in total. The normalized spacial score (nSPS) is 20.6. The Labute approximate surface area is 84.6 Å². The minimum Gasteiger partial charge on any atom is -0.508 e. The summed E-state index contributed by atoms with van der Waals surface area (Å²) in [6.07, 6.45) is 0.816.